The number of nitrogens with zero attached hydrogens (tertiary/aromatic N) is 3. The molecule has 1 aromatic carbocycles. The molecule has 2 aromatic rings. The number of aromatic nitrogens is 1. The van der Waals surface area contributed by atoms with Gasteiger partial charge in [-0.3, -0.25) is 4.79 Å². The number of benzene rings is 1. The molecule has 3 heterocycles. The topological polar surface area (TPSA) is 91.8 Å². The maximum atomic E-state index is 12.9. The molecule has 9 heteroatoms. The summed E-state index contributed by atoms with van der Waals surface area (Å²) in [5.74, 6) is 0.421. The summed E-state index contributed by atoms with van der Waals surface area (Å²) in [7, 11) is -3.59. The van der Waals surface area contributed by atoms with Gasteiger partial charge in [0, 0.05) is 38.9 Å². The highest BCUT2D eigenvalue weighted by atomic mass is 32.2. The van der Waals surface area contributed by atoms with E-state index >= 15 is 0 Å². The largest absolute Gasteiger partial charge is 0.372 e. The van der Waals surface area contributed by atoms with Crippen molar-refractivity contribution in [3.05, 3.63) is 54.2 Å². The SMILES string of the molecule is CC1CN(c2ccc(CNC(=O)C3CCCN(S(=O)(=O)c4ccccc4)C3)cn2)CC(C)O1. The number of rotatable bonds is 6. The molecule has 0 saturated carbocycles. The van der Waals surface area contributed by atoms with E-state index < -0.39 is 10.0 Å². The van der Waals surface area contributed by atoms with E-state index in [0.717, 1.165) is 24.5 Å². The molecule has 0 radical (unpaired) electrons. The van der Waals surface area contributed by atoms with Crippen LogP contribution in [0.1, 0.15) is 32.3 Å². The highest BCUT2D eigenvalue weighted by molar-refractivity contribution is 7.89. The van der Waals surface area contributed by atoms with Crippen LogP contribution in [0, 0.1) is 5.92 Å². The fourth-order valence-corrected chi connectivity index (χ4v) is 6.07. The summed E-state index contributed by atoms with van der Waals surface area (Å²) in [5.41, 5.74) is 0.908. The van der Waals surface area contributed by atoms with Gasteiger partial charge in [0.25, 0.3) is 0 Å². The Labute approximate surface area is 196 Å². The molecule has 4 rings (SSSR count). The van der Waals surface area contributed by atoms with Crippen molar-refractivity contribution in [3.63, 3.8) is 0 Å². The number of hydrogen-bond acceptors (Lipinski definition) is 6. The van der Waals surface area contributed by atoms with Crippen molar-refractivity contribution in [1.29, 1.82) is 0 Å². The second-order valence-corrected chi connectivity index (χ2v) is 10.9. The number of pyridine rings is 1. The molecule has 1 N–H and O–H groups in total. The van der Waals surface area contributed by atoms with Crippen LogP contribution in [0.3, 0.4) is 0 Å². The van der Waals surface area contributed by atoms with Gasteiger partial charge in [0.2, 0.25) is 15.9 Å². The van der Waals surface area contributed by atoms with Gasteiger partial charge in [0.1, 0.15) is 5.82 Å². The van der Waals surface area contributed by atoms with E-state index in [9.17, 15) is 13.2 Å². The van der Waals surface area contributed by atoms with Crippen molar-refractivity contribution < 1.29 is 17.9 Å². The highest BCUT2D eigenvalue weighted by Gasteiger charge is 2.33. The molecule has 1 aromatic heterocycles. The number of piperidine rings is 1. The molecule has 3 unspecified atom stereocenters. The van der Waals surface area contributed by atoms with E-state index in [1.54, 1.807) is 36.5 Å². The van der Waals surface area contributed by atoms with Crippen LogP contribution in [0.25, 0.3) is 0 Å². The molecule has 0 bridgehead atoms. The molecular weight excluding hydrogens is 440 g/mol. The average molecular weight is 473 g/mol. The van der Waals surface area contributed by atoms with Gasteiger partial charge in [-0.25, -0.2) is 13.4 Å². The minimum Gasteiger partial charge on any atom is -0.372 e. The molecule has 2 saturated heterocycles. The monoisotopic (exact) mass is 472 g/mol. The van der Waals surface area contributed by atoms with E-state index in [1.165, 1.54) is 4.31 Å². The minimum atomic E-state index is -3.59. The van der Waals surface area contributed by atoms with Crippen LogP contribution < -0.4 is 10.2 Å². The summed E-state index contributed by atoms with van der Waals surface area (Å²) < 4.78 is 33.0. The molecule has 2 aliphatic rings. The third-order valence-corrected chi connectivity index (χ3v) is 8.03. The normalized spacial score (nSPS) is 24.4. The zero-order chi connectivity index (χ0) is 23.4. The molecule has 8 nitrogen and oxygen atoms in total. The zero-order valence-electron chi connectivity index (χ0n) is 19.2. The van der Waals surface area contributed by atoms with Crippen LogP contribution >= 0.6 is 0 Å². The number of ether oxygens (including phenoxy) is 1. The second-order valence-electron chi connectivity index (χ2n) is 8.92. The fourth-order valence-electron chi connectivity index (χ4n) is 4.52. The first-order valence-electron chi connectivity index (χ1n) is 11.5. The molecule has 0 spiro atoms. The summed E-state index contributed by atoms with van der Waals surface area (Å²) in [5, 5.41) is 2.96. The Morgan fingerprint density at radius 3 is 2.48 bits per heavy atom. The number of carbonyl (C=O) groups is 1. The first kappa shape index (κ1) is 23.7. The van der Waals surface area contributed by atoms with Crippen LogP contribution in [0.2, 0.25) is 0 Å². The molecular formula is C24H32N4O4S. The van der Waals surface area contributed by atoms with Crippen molar-refractivity contribution in [3.8, 4) is 0 Å². The van der Waals surface area contributed by atoms with Gasteiger partial charge in [0.05, 0.1) is 23.0 Å². The predicted molar refractivity (Wildman–Crippen MR) is 126 cm³/mol. The molecule has 3 atom stereocenters. The van der Waals surface area contributed by atoms with Gasteiger partial charge in [-0.2, -0.15) is 4.31 Å². The van der Waals surface area contributed by atoms with Gasteiger partial charge < -0.3 is 15.0 Å². The van der Waals surface area contributed by atoms with E-state index in [2.05, 4.69) is 29.0 Å². The first-order valence-corrected chi connectivity index (χ1v) is 12.9. The quantitative estimate of drug-likeness (QED) is 0.694. The number of carbonyl (C=O) groups excluding carboxylic acids is 1. The van der Waals surface area contributed by atoms with Crippen molar-refractivity contribution in [2.75, 3.05) is 31.1 Å². The predicted octanol–water partition coefficient (Wildman–Crippen LogP) is 2.41. The van der Waals surface area contributed by atoms with Crippen molar-refractivity contribution >= 4 is 21.7 Å². The number of anilines is 1. The Bertz CT molecular complexity index is 1040. The Hall–Kier alpha value is -2.49. The number of amides is 1. The van der Waals surface area contributed by atoms with Gasteiger partial charge in [-0.1, -0.05) is 24.3 Å². The lowest BCUT2D eigenvalue weighted by atomic mass is 9.99. The maximum absolute atomic E-state index is 12.9. The highest BCUT2D eigenvalue weighted by Crippen LogP contribution is 2.24. The number of morpholine rings is 1. The summed E-state index contributed by atoms with van der Waals surface area (Å²) in [6.07, 6.45) is 3.45. The lowest BCUT2D eigenvalue weighted by Gasteiger charge is -2.36. The van der Waals surface area contributed by atoms with Gasteiger partial charge in [0.15, 0.2) is 0 Å². The summed E-state index contributed by atoms with van der Waals surface area (Å²) in [6.45, 7) is 6.73. The lowest BCUT2D eigenvalue weighted by molar-refractivity contribution is -0.126. The first-order chi connectivity index (χ1) is 15.8. The standard InChI is InChI=1S/C24H32N4O4S/c1-18-15-27(16-19(2)32-18)23-11-10-20(13-25-23)14-26-24(29)21-7-6-12-28(17-21)33(30,31)22-8-4-3-5-9-22/h3-5,8-11,13,18-19,21H,6-7,12,14-17H2,1-2H3,(H,26,29). The van der Waals surface area contributed by atoms with Crippen LogP contribution in [0.4, 0.5) is 5.82 Å². The summed E-state index contributed by atoms with van der Waals surface area (Å²) in [4.78, 5) is 19.8. The third-order valence-electron chi connectivity index (χ3n) is 6.16. The Kier molecular flexibility index (Phi) is 7.31. The van der Waals surface area contributed by atoms with Crippen LogP contribution in [-0.4, -0.2) is 62.0 Å². The molecule has 178 valence electrons. The van der Waals surface area contributed by atoms with Crippen molar-refractivity contribution in [2.24, 2.45) is 5.92 Å². The average Bonchev–Trinajstić information content (AvgIpc) is 2.83. The molecule has 1 amide bonds. The second kappa shape index (κ2) is 10.2. The summed E-state index contributed by atoms with van der Waals surface area (Å²) in [6, 6.07) is 12.3. The Morgan fingerprint density at radius 2 is 1.82 bits per heavy atom. The minimum absolute atomic E-state index is 0.122. The van der Waals surface area contributed by atoms with E-state index in [4.69, 9.17) is 4.74 Å². The fraction of sp³-hybridized carbons (Fsp3) is 0.500. The molecule has 2 fully saturated rings. The van der Waals surface area contributed by atoms with Gasteiger partial charge >= 0.3 is 0 Å². The zero-order valence-corrected chi connectivity index (χ0v) is 20.0. The summed E-state index contributed by atoms with van der Waals surface area (Å²) >= 11 is 0. The maximum Gasteiger partial charge on any atom is 0.243 e. The smallest absolute Gasteiger partial charge is 0.243 e. The van der Waals surface area contributed by atoms with Crippen molar-refractivity contribution in [2.45, 2.75) is 50.3 Å². The van der Waals surface area contributed by atoms with Gasteiger partial charge in [-0.05, 0) is 50.5 Å². The lowest BCUT2D eigenvalue weighted by Crippen LogP contribution is -2.46. The van der Waals surface area contributed by atoms with Crippen LogP contribution in [0.15, 0.2) is 53.6 Å². The molecule has 2 aliphatic heterocycles. The van der Waals surface area contributed by atoms with E-state index in [0.29, 0.717) is 25.9 Å². The molecule has 0 aliphatic carbocycles. The van der Waals surface area contributed by atoms with Gasteiger partial charge in [-0.15, -0.1) is 0 Å². The van der Waals surface area contributed by atoms with Crippen molar-refractivity contribution in [1.82, 2.24) is 14.6 Å². The third kappa shape index (κ3) is 5.72. The van der Waals surface area contributed by atoms with E-state index in [1.807, 2.05) is 12.1 Å². The van der Waals surface area contributed by atoms with E-state index in [-0.39, 0.29) is 35.5 Å². The number of nitrogens with one attached hydrogen (secondary N) is 1. The van der Waals surface area contributed by atoms with Crippen LogP contribution in [-0.2, 0) is 26.1 Å². The number of hydrogen-bond donors (Lipinski definition) is 1. The Morgan fingerprint density at radius 1 is 1.09 bits per heavy atom. The number of sulfonamides is 1. The molecule has 33 heavy (non-hydrogen) atoms. The Balaban J connectivity index is 1.32. The van der Waals surface area contributed by atoms with Crippen LogP contribution in [0.5, 0.6) is 0 Å².